The molecule has 1 fully saturated rings. The first-order valence-corrected chi connectivity index (χ1v) is 7.94. The molecule has 2 rings (SSSR count). The van der Waals surface area contributed by atoms with Crippen molar-refractivity contribution in [3.8, 4) is 5.75 Å². The molecular formula is C17H26ClNO2. The van der Waals surface area contributed by atoms with Crippen molar-refractivity contribution in [2.45, 2.75) is 46.3 Å². The second kappa shape index (κ2) is 6.45. The van der Waals surface area contributed by atoms with E-state index in [-0.39, 0.29) is 5.41 Å². The van der Waals surface area contributed by atoms with Crippen molar-refractivity contribution in [3.63, 3.8) is 0 Å². The van der Waals surface area contributed by atoms with Gasteiger partial charge in [0.15, 0.2) is 0 Å². The predicted octanol–water partition coefficient (Wildman–Crippen LogP) is 4.60. The van der Waals surface area contributed by atoms with Crippen molar-refractivity contribution in [2.24, 2.45) is 11.3 Å². The maximum Gasteiger partial charge on any atom is 0.137 e. The van der Waals surface area contributed by atoms with Gasteiger partial charge in [0.2, 0.25) is 0 Å². The summed E-state index contributed by atoms with van der Waals surface area (Å²) in [5.74, 6) is 1.28. The molecule has 0 saturated heterocycles. The second-order valence-corrected chi connectivity index (χ2v) is 7.23. The van der Waals surface area contributed by atoms with Crippen LogP contribution in [0.25, 0.3) is 0 Å². The molecule has 0 radical (unpaired) electrons. The lowest BCUT2D eigenvalue weighted by atomic mass is 9.64. The maximum atomic E-state index is 6.17. The number of hydrogen-bond acceptors (Lipinski definition) is 3. The topological polar surface area (TPSA) is 30.5 Å². The average molecular weight is 312 g/mol. The minimum atomic E-state index is 0.126. The number of benzene rings is 1. The molecule has 0 bridgehead atoms. The van der Waals surface area contributed by atoms with Crippen molar-refractivity contribution in [1.82, 2.24) is 0 Å². The number of halogens is 1. The van der Waals surface area contributed by atoms with Gasteiger partial charge < -0.3 is 14.8 Å². The lowest BCUT2D eigenvalue weighted by molar-refractivity contribution is -0.108. The third-order valence-electron chi connectivity index (χ3n) is 4.30. The minimum Gasteiger partial charge on any atom is -0.495 e. The van der Waals surface area contributed by atoms with Crippen LogP contribution in [0.15, 0.2) is 18.2 Å². The van der Waals surface area contributed by atoms with Crippen molar-refractivity contribution in [2.75, 3.05) is 19.0 Å². The summed E-state index contributed by atoms with van der Waals surface area (Å²) in [6.45, 7) is 9.70. The Kier molecular flexibility index (Phi) is 5.05. The van der Waals surface area contributed by atoms with E-state index in [4.69, 9.17) is 21.1 Å². The summed E-state index contributed by atoms with van der Waals surface area (Å²) < 4.78 is 11.2. The van der Waals surface area contributed by atoms with Crippen LogP contribution in [0.5, 0.6) is 5.75 Å². The molecule has 1 saturated carbocycles. The molecule has 1 aromatic rings. The smallest absolute Gasteiger partial charge is 0.137 e. The van der Waals surface area contributed by atoms with E-state index in [1.165, 1.54) is 0 Å². The molecule has 1 aliphatic rings. The van der Waals surface area contributed by atoms with Gasteiger partial charge in [-0.1, -0.05) is 39.3 Å². The molecule has 1 aromatic carbocycles. The molecular weight excluding hydrogens is 286 g/mol. The van der Waals surface area contributed by atoms with E-state index in [2.05, 4.69) is 33.0 Å². The molecule has 1 aliphatic carbocycles. The van der Waals surface area contributed by atoms with Crippen LogP contribution in [0.1, 0.15) is 34.1 Å². The molecule has 3 nitrogen and oxygen atoms in total. The van der Waals surface area contributed by atoms with Gasteiger partial charge in [0.05, 0.1) is 18.2 Å². The van der Waals surface area contributed by atoms with E-state index >= 15 is 0 Å². The van der Waals surface area contributed by atoms with Crippen molar-refractivity contribution >= 4 is 17.3 Å². The van der Waals surface area contributed by atoms with Gasteiger partial charge in [0.1, 0.15) is 5.75 Å². The van der Waals surface area contributed by atoms with E-state index in [0.717, 1.165) is 18.7 Å². The Morgan fingerprint density at radius 2 is 2.10 bits per heavy atom. The monoisotopic (exact) mass is 311 g/mol. The second-order valence-electron chi connectivity index (χ2n) is 6.82. The van der Waals surface area contributed by atoms with E-state index in [9.17, 15) is 0 Å². The van der Waals surface area contributed by atoms with Gasteiger partial charge in [-0.25, -0.2) is 0 Å². The lowest BCUT2D eigenvalue weighted by Crippen LogP contribution is -2.58. The lowest BCUT2D eigenvalue weighted by Gasteiger charge is -2.52. The first kappa shape index (κ1) is 16.4. The zero-order valence-electron chi connectivity index (χ0n) is 13.6. The Hall–Kier alpha value is -0.930. The van der Waals surface area contributed by atoms with Gasteiger partial charge in [-0.15, -0.1) is 0 Å². The highest BCUT2D eigenvalue weighted by molar-refractivity contribution is 6.32. The number of methoxy groups -OCH3 is 1. The van der Waals surface area contributed by atoms with Crippen molar-refractivity contribution < 1.29 is 9.47 Å². The van der Waals surface area contributed by atoms with Crippen LogP contribution in [0.2, 0.25) is 5.02 Å². The highest BCUT2D eigenvalue weighted by atomic mass is 35.5. The van der Waals surface area contributed by atoms with E-state index in [1.807, 2.05) is 18.2 Å². The highest BCUT2D eigenvalue weighted by Crippen LogP contribution is 2.44. The Balaban J connectivity index is 1.94. The zero-order valence-corrected chi connectivity index (χ0v) is 14.3. The Morgan fingerprint density at radius 1 is 1.38 bits per heavy atom. The first-order chi connectivity index (χ1) is 9.84. The molecule has 0 amide bonds. The zero-order chi connectivity index (χ0) is 15.6. The summed E-state index contributed by atoms with van der Waals surface area (Å²) in [6.07, 6.45) is 1.36. The van der Waals surface area contributed by atoms with E-state index in [0.29, 0.717) is 28.8 Å². The largest absolute Gasteiger partial charge is 0.495 e. The summed E-state index contributed by atoms with van der Waals surface area (Å²) in [7, 11) is 1.63. The van der Waals surface area contributed by atoms with E-state index < -0.39 is 0 Å². The fourth-order valence-corrected chi connectivity index (χ4v) is 2.94. The number of ether oxygens (including phenoxy) is 2. The van der Waals surface area contributed by atoms with Crippen LogP contribution >= 0.6 is 11.6 Å². The van der Waals surface area contributed by atoms with Crippen molar-refractivity contribution in [3.05, 3.63) is 23.2 Å². The van der Waals surface area contributed by atoms with Gasteiger partial charge >= 0.3 is 0 Å². The molecule has 0 aliphatic heterocycles. The molecule has 2 unspecified atom stereocenters. The van der Waals surface area contributed by atoms with Crippen molar-refractivity contribution in [1.29, 1.82) is 0 Å². The summed E-state index contributed by atoms with van der Waals surface area (Å²) in [5.41, 5.74) is 1.16. The number of anilines is 1. The van der Waals surface area contributed by atoms with Gasteiger partial charge in [-0.2, -0.15) is 0 Å². The third kappa shape index (κ3) is 3.64. The van der Waals surface area contributed by atoms with Crippen LogP contribution in [0, 0.1) is 11.3 Å². The normalized spacial score (nSPS) is 23.8. The molecule has 118 valence electrons. The van der Waals surface area contributed by atoms with Gasteiger partial charge in [0.25, 0.3) is 0 Å². The average Bonchev–Trinajstić information content (AvgIpc) is 2.41. The van der Waals surface area contributed by atoms with Gasteiger partial charge in [0, 0.05) is 23.8 Å². The molecule has 0 heterocycles. The fourth-order valence-electron chi connectivity index (χ4n) is 2.68. The van der Waals surface area contributed by atoms with Crippen LogP contribution in [0.4, 0.5) is 5.69 Å². The molecule has 2 atom stereocenters. The Labute approximate surface area is 133 Å². The van der Waals surface area contributed by atoms with Gasteiger partial charge in [-0.3, -0.25) is 0 Å². The summed E-state index contributed by atoms with van der Waals surface area (Å²) in [4.78, 5) is 0. The molecule has 21 heavy (non-hydrogen) atoms. The molecule has 1 N–H and O–H groups in total. The summed E-state index contributed by atoms with van der Waals surface area (Å²) in [6, 6.07) is 6.21. The molecule has 0 spiro atoms. The number of rotatable bonds is 6. The number of nitrogens with one attached hydrogen (secondary N) is 1. The quantitative estimate of drug-likeness (QED) is 0.833. The van der Waals surface area contributed by atoms with Crippen LogP contribution < -0.4 is 10.1 Å². The maximum absolute atomic E-state index is 6.17. The SMILES string of the molecule is COc1ccc(NC2CC(OCC(C)C)C2(C)C)cc1Cl. The summed E-state index contributed by atoms with van der Waals surface area (Å²) >= 11 is 6.17. The van der Waals surface area contributed by atoms with Crippen LogP contribution in [-0.2, 0) is 4.74 Å². The molecule has 4 heteroatoms. The van der Waals surface area contributed by atoms with Crippen LogP contribution in [-0.4, -0.2) is 25.9 Å². The highest BCUT2D eigenvalue weighted by Gasteiger charge is 2.49. The number of hydrogen-bond donors (Lipinski definition) is 1. The Morgan fingerprint density at radius 3 is 2.62 bits per heavy atom. The minimum absolute atomic E-state index is 0.126. The first-order valence-electron chi connectivity index (χ1n) is 7.56. The van der Waals surface area contributed by atoms with E-state index in [1.54, 1.807) is 7.11 Å². The fraction of sp³-hybridized carbons (Fsp3) is 0.647. The molecule has 0 aromatic heterocycles. The van der Waals surface area contributed by atoms with Crippen LogP contribution in [0.3, 0.4) is 0 Å². The Bertz CT molecular complexity index is 488. The van der Waals surface area contributed by atoms with Gasteiger partial charge in [-0.05, 0) is 30.5 Å². The third-order valence-corrected chi connectivity index (χ3v) is 4.60. The summed E-state index contributed by atoms with van der Waals surface area (Å²) in [5, 5.41) is 4.19. The standard InChI is InChI=1S/C17H26ClNO2/c1-11(2)10-21-16-9-15(17(16,3)4)19-12-6-7-14(20-5)13(18)8-12/h6-8,11,15-16,19H,9-10H2,1-5H3. The predicted molar refractivity (Wildman–Crippen MR) is 88.4 cm³/mol.